The Morgan fingerprint density at radius 3 is 1.44 bits per heavy atom. The number of nitrogens with zero attached hydrogens (tertiary/aromatic N) is 4. The third-order valence-electron chi connectivity index (χ3n) is 2.59. The molecule has 0 saturated heterocycles. The monoisotopic (exact) mass is 506 g/mol. The van der Waals surface area contributed by atoms with Crippen LogP contribution in [-0.2, 0) is 9.59 Å². The standard InChI is InChI=1S/2C6H7N3O2S.Ba/c2*7-4(5(10)11)1-3-2-8-6(12)9-3;/h2*2,4H,1,7H2,(H,10,11);/q;;+2/p-2/t2*4-;/m00./s1. The summed E-state index contributed by atoms with van der Waals surface area (Å²) < 4.78 is 0. The van der Waals surface area contributed by atoms with E-state index in [0.717, 1.165) is 0 Å². The molecule has 0 saturated carbocycles. The number of nitrogens with two attached hydrogens (primary N) is 2. The van der Waals surface area contributed by atoms with E-state index in [1.165, 1.54) is 12.4 Å². The van der Waals surface area contributed by atoms with Gasteiger partial charge >= 0.3 is 48.9 Å². The molecule has 2 heterocycles. The molecule has 2 aliphatic rings. The van der Waals surface area contributed by atoms with Gasteiger partial charge in [-0.05, 0) is 24.4 Å². The molecule has 0 fully saturated rings. The van der Waals surface area contributed by atoms with Crippen molar-refractivity contribution in [2.75, 3.05) is 0 Å². The zero-order chi connectivity index (χ0) is 18.3. The van der Waals surface area contributed by atoms with Crippen molar-refractivity contribution in [3.8, 4) is 0 Å². The Balaban J connectivity index is 0.000000443. The fraction of sp³-hybridized carbons (Fsp3) is 0.333. The van der Waals surface area contributed by atoms with Crippen molar-refractivity contribution in [2.45, 2.75) is 24.9 Å². The molecule has 2 atom stereocenters. The van der Waals surface area contributed by atoms with Crippen LogP contribution < -0.4 is 21.7 Å². The van der Waals surface area contributed by atoms with E-state index in [0.29, 0.717) is 11.4 Å². The van der Waals surface area contributed by atoms with Crippen LogP contribution in [0, 0.1) is 0 Å². The van der Waals surface area contributed by atoms with E-state index < -0.39 is 24.0 Å². The van der Waals surface area contributed by atoms with E-state index in [-0.39, 0.29) is 71.9 Å². The maximum absolute atomic E-state index is 10.2. The van der Waals surface area contributed by atoms with Crippen LogP contribution in [0.4, 0.5) is 0 Å². The quantitative estimate of drug-likeness (QED) is 0.272. The summed E-state index contributed by atoms with van der Waals surface area (Å²) in [6.07, 6.45) is 3.02. The minimum Gasteiger partial charge on any atom is -0.548 e. The van der Waals surface area contributed by atoms with E-state index in [4.69, 9.17) is 11.5 Å². The van der Waals surface area contributed by atoms with Crippen molar-refractivity contribution in [3.63, 3.8) is 0 Å². The number of carboxylic acids is 2. The van der Waals surface area contributed by atoms with Crippen molar-refractivity contribution >= 4 is 119 Å². The molecule has 128 valence electrons. The van der Waals surface area contributed by atoms with Crippen LogP contribution >= 0.6 is 24.4 Å². The van der Waals surface area contributed by atoms with Gasteiger partial charge in [0.25, 0.3) is 0 Å². The first-order chi connectivity index (χ1) is 11.2. The Kier molecular flexibility index (Phi) is 11.5. The van der Waals surface area contributed by atoms with Crippen LogP contribution in [0.5, 0.6) is 0 Å². The van der Waals surface area contributed by atoms with Crippen LogP contribution in [0.15, 0.2) is 20.0 Å². The second-order valence-corrected chi connectivity index (χ2v) is 5.28. The second-order valence-electron chi connectivity index (χ2n) is 4.55. The van der Waals surface area contributed by atoms with E-state index in [9.17, 15) is 19.8 Å². The van der Waals surface area contributed by atoms with Gasteiger partial charge in [0.2, 0.25) is 10.2 Å². The molecule has 0 aliphatic carbocycles. The molecule has 0 amide bonds. The molecule has 2 rings (SSSR count). The number of carboxylic acid groups (broad SMARTS) is 2. The van der Waals surface area contributed by atoms with E-state index in [1.54, 1.807) is 0 Å². The SMILES string of the molecule is N[C@@H](CC1=NC(=S)N=C1)C(=O)[O-].N[C@@H](CC1=NC(=S)N=C1)C(=O)[O-].[Ba+2]. The van der Waals surface area contributed by atoms with Crippen LogP contribution in [-0.4, -0.2) is 107 Å². The second kappa shape index (κ2) is 11.8. The molecule has 0 unspecified atom stereocenters. The summed E-state index contributed by atoms with van der Waals surface area (Å²) in [5.41, 5.74) is 11.4. The molecule has 0 aromatic heterocycles. The van der Waals surface area contributed by atoms with Gasteiger partial charge in [0.1, 0.15) is 0 Å². The summed E-state index contributed by atoms with van der Waals surface area (Å²) in [6.45, 7) is 0. The molecule has 0 aromatic rings. The Morgan fingerprint density at radius 2 is 1.24 bits per heavy atom. The predicted molar refractivity (Wildman–Crippen MR) is 98.0 cm³/mol. The number of aliphatic carboxylic acids is 2. The Bertz CT molecular complexity index is 633. The Morgan fingerprint density at radius 1 is 0.920 bits per heavy atom. The smallest absolute Gasteiger partial charge is 0.548 e. The normalized spacial score (nSPS) is 17.0. The summed E-state index contributed by atoms with van der Waals surface area (Å²) in [4.78, 5) is 35.3. The van der Waals surface area contributed by atoms with Gasteiger partial charge in [-0.1, -0.05) is 0 Å². The molecular weight excluding hydrogens is 494 g/mol. The zero-order valence-electron chi connectivity index (χ0n) is 12.8. The molecular formula is C12H12BaN6O4S2. The maximum Gasteiger partial charge on any atom is 2.00 e. The van der Waals surface area contributed by atoms with E-state index >= 15 is 0 Å². The van der Waals surface area contributed by atoms with Crippen LogP contribution in [0.1, 0.15) is 12.8 Å². The number of carbonyl (C=O) groups is 2. The molecule has 13 heteroatoms. The number of carbonyl (C=O) groups excluding carboxylic acids is 2. The third kappa shape index (κ3) is 9.53. The predicted octanol–water partition coefficient (Wildman–Crippen LogP) is -3.85. The van der Waals surface area contributed by atoms with Gasteiger partial charge in [-0.15, -0.1) is 0 Å². The summed E-state index contributed by atoms with van der Waals surface area (Å²) in [5, 5.41) is 20.8. The van der Waals surface area contributed by atoms with E-state index in [1.807, 2.05) is 0 Å². The Hall–Kier alpha value is -0.709. The van der Waals surface area contributed by atoms with Crippen molar-refractivity contribution < 1.29 is 19.8 Å². The van der Waals surface area contributed by atoms with Crippen molar-refractivity contribution in [2.24, 2.45) is 31.4 Å². The number of hydrogen-bond donors (Lipinski definition) is 2. The molecule has 4 N–H and O–H groups in total. The topological polar surface area (TPSA) is 182 Å². The van der Waals surface area contributed by atoms with Gasteiger partial charge < -0.3 is 31.3 Å². The molecule has 10 nitrogen and oxygen atoms in total. The molecule has 0 radical (unpaired) electrons. The van der Waals surface area contributed by atoms with Gasteiger partial charge in [-0.2, -0.15) is 0 Å². The minimum absolute atomic E-state index is 0. The summed E-state index contributed by atoms with van der Waals surface area (Å²) >= 11 is 9.25. The van der Waals surface area contributed by atoms with Crippen LogP contribution in [0.2, 0.25) is 0 Å². The van der Waals surface area contributed by atoms with Gasteiger partial charge in [0.05, 0.1) is 35.8 Å². The van der Waals surface area contributed by atoms with Gasteiger partial charge in [0, 0.05) is 24.9 Å². The average molecular weight is 506 g/mol. The first kappa shape index (κ1) is 24.3. The number of hydrogen-bond acceptors (Lipinski definition) is 8. The first-order valence-corrected chi connectivity index (χ1v) is 7.24. The molecule has 2 aliphatic heterocycles. The average Bonchev–Trinajstić information content (AvgIpc) is 3.08. The Labute approximate surface area is 193 Å². The largest absolute Gasteiger partial charge is 2.00 e. The summed E-state index contributed by atoms with van der Waals surface area (Å²) in [6, 6.07) is -2.09. The fourth-order valence-electron chi connectivity index (χ4n) is 1.43. The van der Waals surface area contributed by atoms with Crippen LogP contribution in [0.3, 0.4) is 0 Å². The zero-order valence-corrected chi connectivity index (χ0v) is 18.9. The van der Waals surface area contributed by atoms with Crippen molar-refractivity contribution in [1.29, 1.82) is 0 Å². The van der Waals surface area contributed by atoms with Crippen LogP contribution in [0.25, 0.3) is 0 Å². The summed E-state index contributed by atoms with van der Waals surface area (Å²) in [7, 11) is 0. The molecule has 0 spiro atoms. The van der Waals surface area contributed by atoms with Crippen molar-refractivity contribution in [3.05, 3.63) is 0 Å². The van der Waals surface area contributed by atoms with Gasteiger partial charge in [0.15, 0.2) is 0 Å². The number of rotatable bonds is 6. The maximum atomic E-state index is 10.2. The molecule has 0 aromatic carbocycles. The third-order valence-corrected chi connectivity index (χ3v) is 2.98. The first-order valence-electron chi connectivity index (χ1n) is 6.43. The van der Waals surface area contributed by atoms with Crippen molar-refractivity contribution in [1.82, 2.24) is 0 Å². The van der Waals surface area contributed by atoms with E-state index in [2.05, 4.69) is 44.4 Å². The fourth-order valence-corrected chi connectivity index (χ4v) is 1.77. The number of aliphatic imine (C=N–C) groups is 4. The minimum atomic E-state index is -1.30. The number of thiocarbonyl (C=S) groups is 2. The van der Waals surface area contributed by atoms with Gasteiger partial charge in [-0.3, -0.25) is 0 Å². The molecule has 25 heavy (non-hydrogen) atoms. The van der Waals surface area contributed by atoms with Gasteiger partial charge in [-0.25, -0.2) is 20.0 Å². The molecule has 0 bridgehead atoms. The summed E-state index contributed by atoms with van der Waals surface area (Å²) in [5.74, 6) is -2.60.